The third kappa shape index (κ3) is 3.42. The van der Waals surface area contributed by atoms with E-state index in [1.54, 1.807) is 0 Å². The largest absolute Gasteiger partial charge is 0.310 e. The molecule has 0 saturated carbocycles. The van der Waals surface area contributed by atoms with Crippen molar-refractivity contribution in [2.75, 3.05) is 18.1 Å². The fourth-order valence-electron chi connectivity index (χ4n) is 1.79. The van der Waals surface area contributed by atoms with Crippen LogP contribution in [0.15, 0.2) is 12.7 Å². The van der Waals surface area contributed by atoms with Crippen molar-refractivity contribution in [1.82, 2.24) is 5.32 Å². The van der Waals surface area contributed by atoms with Crippen LogP contribution in [0.4, 0.5) is 0 Å². The molecule has 3 nitrogen and oxygen atoms in total. The van der Waals surface area contributed by atoms with Gasteiger partial charge in [0.2, 0.25) is 0 Å². The molecule has 1 unspecified atom stereocenters. The predicted molar refractivity (Wildman–Crippen MR) is 59.1 cm³/mol. The first-order valence-corrected chi connectivity index (χ1v) is 6.86. The van der Waals surface area contributed by atoms with Crippen LogP contribution in [0.5, 0.6) is 0 Å². The minimum Gasteiger partial charge on any atom is -0.310 e. The molecule has 1 heterocycles. The van der Waals surface area contributed by atoms with Crippen LogP contribution in [0.25, 0.3) is 0 Å². The summed E-state index contributed by atoms with van der Waals surface area (Å²) in [7, 11) is -2.78. The Bertz CT molecular complexity index is 297. The Morgan fingerprint density at radius 3 is 2.79 bits per heavy atom. The van der Waals surface area contributed by atoms with E-state index in [1.807, 2.05) is 13.0 Å². The molecule has 1 fully saturated rings. The molecule has 0 bridgehead atoms. The summed E-state index contributed by atoms with van der Waals surface area (Å²) in [6.45, 7) is 6.51. The molecule has 1 aliphatic heterocycles. The number of hydrogen-bond donors (Lipinski definition) is 1. The van der Waals surface area contributed by atoms with E-state index in [0.29, 0.717) is 5.75 Å². The highest BCUT2D eigenvalue weighted by Gasteiger charge is 2.37. The zero-order valence-corrected chi connectivity index (χ0v) is 9.57. The molecule has 0 amide bonds. The van der Waals surface area contributed by atoms with Crippen LogP contribution in [-0.2, 0) is 9.84 Å². The van der Waals surface area contributed by atoms with Crippen molar-refractivity contribution in [3.63, 3.8) is 0 Å². The van der Waals surface area contributed by atoms with Gasteiger partial charge in [-0.15, -0.1) is 6.58 Å². The van der Waals surface area contributed by atoms with Crippen LogP contribution < -0.4 is 5.32 Å². The van der Waals surface area contributed by atoms with Crippen LogP contribution in [0, 0.1) is 0 Å². The highest BCUT2D eigenvalue weighted by atomic mass is 32.2. The Morgan fingerprint density at radius 2 is 2.29 bits per heavy atom. The van der Waals surface area contributed by atoms with Gasteiger partial charge in [0.1, 0.15) is 0 Å². The van der Waals surface area contributed by atoms with Gasteiger partial charge in [-0.1, -0.05) is 6.08 Å². The topological polar surface area (TPSA) is 46.2 Å². The third-order valence-electron chi connectivity index (χ3n) is 2.64. The second-order valence-corrected chi connectivity index (χ2v) is 6.44. The molecular weight excluding hydrogens is 198 g/mol. The van der Waals surface area contributed by atoms with E-state index in [0.717, 1.165) is 25.8 Å². The Labute approximate surface area is 86.5 Å². The Morgan fingerprint density at radius 1 is 1.57 bits per heavy atom. The summed E-state index contributed by atoms with van der Waals surface area (Å²) in [5, 5.41) is 3.32. The summed E-state index contributed by atoms with van der Waals surface area (Å²) in [5.41, 5.74) is -0.194. The van der Waals surface area contributed by atoms with Gasteiger partial charge in [0.05, 0.1) is 11.5 Å². The number of sulfone groups is 1. The molecule has 1 aliphatic rings. The lowest BCUT2D eigenvalue weighted by Gasteiger charge is -2.23. The van der Waals surface area contributed by atoms with Gasteiger partial charge in [-0.2, -0.15) is 0 Å². The average molecular weight is 217 g/mol. The van der Waals surface area contributed by atoms with Crippen LogP contribution in [0.3, 0.4) is 0 Å². The first kappa shape index (κ1) is 11.7. The molecule has 0 spiro atoms. The number of allylic oxidation sites excluding steroid dienone is 1. The lowest BCUT2D eigenvalue weighted by atomic mass is 10.0. The van der Waals surface area contributed by atoms with Gasteiger partial charge in [-0.3, -0.25) is 0 Å². The molecule has 4 heteroatoms. The van der Waals surface area contributed by atoms with Gasteiger partial charge in [0, 0.05) is 5.54 Å². The Hall–Kier alpha value is -0.350. The first-order chi connectivity index (χ1) is 6.47. The van der Waals surface area contributed by atoms with Gasteiger partial charge in [-0.25, -0.2) is 8.42 Å². The quantitative estimate of drug-likeness (QED) is 0.554. The smallest absolute Gasteiger partial charge is 0.152 e. The summed E-state index contributed by atoms with van der Waals surface area (Å²) in [6, 6.07) is 0. The van der Waals surface area contributed by atoms with E-state index < -0.39 is 9.84 Å². The van der Waals surface area contributed by atoms with Gasteiger partial charge in [-0.05, 0) is 32.7 Å². The molecule has 0 aromatic rings. The average Bonchev–Trinajstić information content (AvgIpc) is 2.36. The maximum atomic E-state index is 11.3. The van der Waals surface area contributed by atoms with Gasteiger partial charge in [0.25, 0.3) is 0 Å². The van der Waals surface area contributed by atoms with Crippen LogP contribution in [0.2, 0.25) is 0 Å². The summed E-state index contributed by atoms with van der Waals surface area (Å²) >= 11 is 0. The Balaban J connectivity index is 2.34. The van der Waals surface area contributed by atoms with Crippen molar-refractivity contribution in [2.45, 2.75) is 31.7 Å². The minimum absolute atomic E-state index is 0.194. The molecule has 14 heavy (non-hydrogen) atoms. The lowest BCUT2D eigenvalue weighted by Crippen LogP contribution is -2.43. The maximum Gasteiger partial charge on any atom is 0.152 e. The van der Waals surface area contributed by atoms with E-state index in [2.05, 4.69) is 11.9 Å². The van der Waals surface area contributed by atoms with Crippen molar-refractivity contribution in [1.29, 1.82) is 0 Å². The van der Waals surface area contributed by atoms with Gasteiger partial charge >= 0.3 is 0 Å². The van der Waals surface area contributed by atoms with E-state index >= 15 is 0 Å². The number of nitrogens with one attached hydrogen (secondary N) is 1. The van der Waals surface area contributed by atoms with Crippen molar-refractivity contribution in [3.05, 3.63) is 12.7 Å². The molecule has 1 rings (SSSR count). The summed E-state index contributed by atoms with van der Waals surface area (Å²) in [6.07, 6.45) is 4.63. The first-order valence-electron chi connectivity index (χ1n) is 5.04. The summed E-state index contributed by atoms with van der Waals surface area (Å²) in [4.78, 5) is 0. The van der Waals surface area contributed by atoms with Gasteiger partial charge in [0.15, 0.2) is 9.84 Å². The second kappa shape index (κ2) is 4.45. The summed E-state index contributed by atoms with van der Waals surface area (Å²) < 4.78 is 22.6. The Kier molecular flexibility index (Phi) is 3.72. The van der Waals surface area contributed by atoms with E-state index in [1.165, 1.54) is 0 Å². The van der Waals surface area contributed by atoms with Crippen LogP contribution >= 0.6 is 0 Å². The molecule has 1 saturated heterocycles. The zero-order chi connectivity index (χ0) is 10.7. The standard InChI is InChI=1S/C10H19NO2S/c1-3-4-5-7-11-10(2)6-8-14(12,13)9-10/h3,11H,1,4-9H2,2H3. The fourth-order valence-corrected chi connectivity index (χ4v) is 3.91. The predicted octanol–water partition coefficient (Wildman–Crippen LogP) is 1.12. The molecule has 1 N–H and O–H groups in total. The van der Waals surface area contributed by atoms with Crippen LogP contribution in [0.1, 0.15) is 26.2 Å². The molecule has 0 aliphatic carbocycles. The normalized spacial score (nSPS) is 30.4. The van der Waals surface area contributed by atoms with Crippen molar-refractivity contribution >= 4 is 9.84 Å². The molecule has 0 aromatic carbocycles. The fraction of sp³-hybridized carbons (Fsp3) is 0.800. The minimum atomic E-state index is -2.78. The van der Waals surface area contributed by atoms with E-state index in [9.17, 15) is 8.42 Å². The highest BCUT2D eigenvalue weighted by molar-refractivity contribution is 7.91. The second-order valence-electron chi connectivity index (χ2n) is 4.26. The number of rotatable bonds is 5. The van der Waals surface area contributed by atoms with E-state index in [-0.39, 0.29) is 11.3 Å². The van der Waals surface area contributed by atoms with Crippen molar-refractivity contribution in [3.8, 4) is 0 Å². The lowest BCUT2D eigenvalue weighted by molar-refractivity contribution is 0.395. The molecule has 82 valence electrons. The molecule has 0 radical (unpaired) electrons. The molecular formula is C10H19NO2S. The third-order valence-corrected chi connectivity index (χ3v) is 4.54. The SMILES string of the molecule is C=CCCCNC1(C)CCS(=O)(=O)C1. The highest BCUT2D eigenvalue weighted by Crippen LogP contribution is 2.22. The van der Waals surface area contributed by atoms with Crippen molar-refractivity contribution in [2.24, 2.45) is 0 Å². The monoisotopic (exact) mass is 217 g/mol. The molecule has 0 aromatic heterocycles. The molecule has 1 atom stereocenters. The maximum absolute atomic E-state index is 11.3. The van der Waals surface area contributed by atoms with E-state index in [4.69, 9.17) is 0 Å². The zero-order valence-electron chi connectivity index (χ0n) is 8.75. The van der Waals surface area contributed by atoms with Gasteiger partial charge < -0.3 is 5.32 Å². The summed E-state index contributed by atoms with van der Waals surface area (Å²) in [5.74, 6) is 0.617. The number of hydrogen-bond acceptors (Lipinski definition) is 3. The van der Waals surface area contributed by atoms with Crippen molar-refractivity contribution < 1.29 is 8.42 Å². The van der Waals surface area contributed by atoms with Crippen LogP contribution in [-0.4, -0.2) is 32.0 Å². The number of unbranched alkanes of at least 4 members (excludes halogenated alkanes) is 1.